The standard InChI is InChI=1S/C8H5F3O4S.C5H10O2/c9-8(10,11)5-3-1-2-4-6(5)16(14,15)7(12)13;1-5(2,3)7-4-6/h1-4H,(H,12,13);4H,1-3H3. The SMILES string of the molecule is CC(C)(C)OC=O.O=C(O)S(=O)(=O)c1ccccc1C(F)(F)F. The molecule has 23 heavy (non-hydrogen) atoms. The van der Waals surface area contributed by atoms with Crippen LogP contribution in [0.5, 0.6) is 0 Å². The molecule has 0 aliphatic rings. The maximum absolute atomic E-state index is 12.4. The zero-order valence-corrected chi connectivity index (χ0v) is 13.2. The number of halogens is 3. The second-order valence-corrected chi connectivity index (χ2v) is 6.89. The highest BCUT2D eigenvalue weighted by atomic mass is 32.2. The average molecular weight is 356 g/mol. The maximum atomic E-state index is 12.4. The van der Waals surface area contributed by atoms with Crippen molar-refractivity contribution in [2.75, 3.05) is 0 Å². The molecule has 1 aromatic rings. The highest BCUT2D eigenvalue weighted by Crippen LogP contribution is 2.34. The van der Waals surface area contributed by atoms with Crippen molar-refractivity contribution >= 4 is 21.6 Å². The van der Waals surface area contributed by atoms with Crippen LogP contribution in [0.4, 0.5) is 18.0 Å². The summed E-state index contributed by atoms with van der Waals surface area (Å²) >= 11 is 0. The van der Waals surface area contributed by atoms with E-state index in [4.69, 9.17) is 5.11 Å². The van der Waals surface area contributed by atoms with Crippen LogP contribution in [-0.2, 0) is 25.5 Å². The van der Waals surface area contributed by atoms with Gasteiger partial charge in [0.05, 0.1) is 10.5 Å². The molecule has 1 N–H and O–H groups in total. The van der Waals surface area contributed by atoms with Gasteiger partial charge in [-0.2, -0.15) is 13.2 Å². The lowest BCUT2D eigenvalue weighted by atomic mass is 10.2. The maximum Gasteiger partial charge on any atom is 0.427 e. The van der Waals surface area contributed by atoms with Crippen LogP contribution in [0, 0.1) is 0 Å². The summed E-state index contributed by atoms with van der Waals surface area (Å²) in [5.41, 5.74) is -1.81. The van der Waals surface area contributed by atoms with Gasteiger partial charge in [0.15, 0.2) is 0 Å². The summed E-state index contributed by atoms with van der Waals surface area (Å²) in [6.07, 6.45) is -4.92. The first-order valence-corrected chi connectivity index (χ1v) is 7.47. The second kappa shape index (κ2) is 7.44. The Balaban J connectivity index is 0.000000585. The molecule has 0 saturated carbocycles. The van der Waals surface area contributed by atoms with Gasteiger partial charge >= 0.3 is 11.5 Å². The third-order valence-electron chi connectivity index (χ3n) is 2.11. The molecule has 0 spiro atoms. The molecule has 0 aliphatic heterocycles. The third-order valence-corrected chi connectivity index (χ3v) is 3.51. The number of carbonyl (C=O) groups is 2. The van der Waals surface area contributed by atoms with E-state index < -0.39 is 31.8 Å². The fourth-order valence-corrected chi connectivity index (χ4v) is 2.09. The molecule has 1 rings (SSSR count). The molecule has 0 fully saturated rings. The molecule has 0 radical (unpaired) electrons. The molecule has 6 nitrogen and oxygen atoms in total. The number of sulfone groups is 1. The Hall–Kier alpha value is -2.10. The molecule has 0 aromatic heterocycles. The molecule has 0 aliphatic carbocycles. The first kappa shape index (κ1) is 20.9. The molecule has 0 saturated heterocycles. The molecule has 0 atom stereocenters. The summed E-state index contributed by atoms with van der Waals surface area (Å²) in [7, 11) is -4.99. The van der Waals surface area contributed by atoms with E-state index in [9.17, 15) is 31.2 Å². The average Bonchev–Trinajstić information content (AvgIpc) is 2.37. The Morgan fingerprint density at radius 3 is 1.96 bits per heavy atom. The van der Waals surface area contributed by atoms with E-state index in [0.717, 1.165) is 12.1 Å². The molecule has 0 amide bonds. The number of hydrogen-bond donors (Lipinski definition) is 1. The topological polar surface area (TPSA) is 97.7 Å². The van der Waals surface area contributed by atoms with E-state index in [1.807, 2.05) is 20.8 Å². The van der Waals surface area contributed by atoms with E-state index in [1.54, 1.807) is 0 Å². The predicted molar refractivity (Wildman–Crippen MR) is 73.6 cm³/mol. The Bertz CT molecular complexity index is 659. The van der Waals surface area contributed by atoms with Crippen molar-refractivity contribution in [3.63, 3.8) is 0 Å². The van der Waals surface area contributed by atoms with Crippen LogP contribution >= 0.6 is 0 Å². The molecule has 0 bridgehead atoms. The van der Waals surface area contributed by atoms with Gasteiger partial charge in [-0.05, 0) is 32.9 Å². The van der Waals surface area contributed by atoms with Crippen LogP contribution in [-0.4, -0.2) is 30.9 Å². The predicted octanol–water partition coefficient (Wildman–Crippen LogP) is 3.12. The Morgan fingerprint density at radius 2 is 1.65 bits per heavy atom. The lowest BCUT2D eigenvalue weighted by Crippen LogP contribution is -2.18. The third kappa shape index (κ3) is 6.68. The van der Waals surface area contributed by atoms with Crippen molar-refractivity contribution in [1.82, 2.24) is 0 Å². The van der Waals surface area contributed by atoms with Gasteiger partial charge in [-0.25, -0.2) is 13.2 Å². The van der Waals surface area contributed by atoms with Gasteiger partial charge in [-0.3, -0.25) is 4.79 Å². The van der Waals surface area contributed by atoms with Gasteiger partial charge in [0.2, 0.25) is 0 Å². The largest absolute Gasteiger partial charge is 0.469 e. The van der Waals surface area contributed by atoms with E-state index in [-0.39, 0.29) is 5.60 Å². The lowest BCUT2D eigenvalue weighted by Gasteiger charge is -2.14. The minimum Gasteiger partial charge on any atom is -0.469 e. The zero-order chi connectivity index (χ0) is 18.5. The van der Waals surface area contributed by atoms with E-state index in [2.05, 4.69) is 4.74 Å². The molecule has 130 valence electrons. The van der Waals surface area contributed by atoms with Crippen LogP contribution in [0.2, 0.25) is 0 Å². The lowest BCUT2D eigenvalue weighted by molar-refractivity contribution is -0.140. The van der Waals surface area contributed by atoms with Crippen LogP contribution in [0.3, 0.4) is 0 Å². The van der Waals surface area contributed by atoms with E-state index in [1.165, 1.54) is 0 Å². The van der Waals surface area contributed by atoms with Crippen molar-refractivity contribution < 1.29 is 41.0 Å². The number of carboxylic acid groups (broad SMARTS) is 1. The number of hydrogen-bond acceptors (Lipinski definition) is 5. The molecule has 0 unspecified atom stereocenters. The van der Waals surface area contributed by atoms with Crippen LogP contribution in [0.1, 0.15) is 26.3 Å². The van der Waals surface area contributed by atoms with Crippen LogP contribution < -0.4 is 0 Å². The van der Waals surface area contributed by atoms with Gasteiger partial charge in [0, 0.05) is 0 Å². The van der Waals surface area contributed by atoms with Crippen molar-refractivity contribution in [1.29, 1.82) is 0 Å². The summed E-state index contributed by atoms with van der Waals surface area (Å²) < 4.78 is 63.9. The summed E-state index contributed by atoms with van der Waals surface area (Å²) in [4.78, 5) is 18.7. The summed E-state index contributed by atoms with van der Waals surface area (Å²) in [6.45, 7) is 5.92. The van der Waals surface area contributed by atoms with Gasteiger partial charge in [-0.15, -0.1) is 0 Å². The fourth-order valence-electron chi connectivity index (χ4n) is 1.17. The molecular formula is C13H15F3O6S. The molecule has 0 heterocycles. The van der Waals surface area contributed by atoms with Crippen molar-refractivity contribution in [3.05, 3.63) is 29.8 Å². The van der Waals surface area contributed by atoms with Gasteiger partial charge in [0.1, 0.15) is 5.60 Å². The number of alkyl halides is 3. The smallest absolute Gasteiger partial charge is 0.427 e. The Kier molecular flexibility index (Phi) is 6.77. The monoisotopic (exact) mass is 356 g/mol. The number of benzene rings is 1. The van der Waals surface area contributed by atoms with Crippen molar-refractivity contribution in [2.45, 2.75) is 37.4 Å². The number of ether oxygens (including phenoxy) is 1. The molecule has 10 heteroatoms. The minimum absolute atomic E-state index is 0.318. The van der Waals surface area contributed by atoms with Crippen LogP contribution in [0.15, 0.2) is 29.2 Å². The van der Waals surface area contributed by atoms with Gasteiger partial charge < -0.3 is 9.84 Å². The first-order chi connectivity index (χ1) is 10.2. The van der Waals surface area contributed by atoms with Crippen molar-refractivity contribution in [3.8, 4) is 0 Å². The Morgan fingerprint density at radius 1 is 1.17 bits per heavy atom. The fraction of sp³-hybridized carbons (Fsp3) is 0.385. The quantitative estimate of drug-likeness (QED) is 0.818. The summed E-state index contributed by atoms with van der Waals surface area (Å²) in [5.74, 6) is 0. The number of rotatable bonds is 2. The normalized spacial score (nSPS) is 11.9. The van der Waals surface area contributed by atoms with Gasteiger partial charge in [0.25, 0.3) is 16.3 Å². The van der Waals surface area contributed by atoms with E-state index in [0.29, 0.717) is 18.6 Å². The highest BCUT2D eigenvalue weighted by Gasteiger charge is 2.39. The summed E-state index contributed by atoms with van der Waals surface area (Å²) in [6, 6.07) is 3.11. The molecular weight excluding hydrogens is 341 g/mol. The second-order valence-electron chi connectivity index (χ2n) is 5.09. The Labute approximate surface area is 130 Å². The van der Waals surface area contributed by atoms with E-state index >= 15 is 0 Å². The van der Waals surface area contributed by atoms with Crippen LogP contribution in [0.25, 0.3) is 0 Å². The van der Waals surface area contributed by atoms with Crippen molar-refractivity contribution in [2.24, 2.45) is 0 Å². The highest BCUT2D eigenvalue weighted by molar-refractivity contribution is 8.05. The zero-order valence-electron chi connectivity index (χ0n) is 12.4. The van der Waals surface area contributed by atoms with Gasteiger partial charge in [-0.1, -0.05) is 12.1 Å². The first-order valence-electron chi connectivity index (χ1n) is 5.99. The molecule has 1 aromatic carbocycles. The number of carbonyl (C=O) groups excluding carboxylic acids is 1. The summed E-state index contributed by atoms with van der Waals surface area (Å²) in [5, 5.41) is 6.01. The minimum atomic E-state index is -4.99.